The molecule has 0 aliphatic carbocycles. The molecule has 0 radical (unpaired) electrons. The number of nitrogens with zero attached hydrogens (tertiary/aromatic N) is 3. The van der Waals surface area contributed by atoms with E-state index in [4.69, 9.17) is 0 Å². The third kappa shape index (κ3) is 4.44. The first-order valence-corrected chi connectivity index (χ1v) is 8.20. The lowest BCUT2D eigenvalue weighted by molar-refractivity contribution is -0.127. The maximum Gasteiger partial charge on any atom is 0.235 e. The average molecular weight is 322 g/mol. The normalized spacial score (nSPS) is 12.0. The van der Waals surface area contributed by atoms with E-state index in [2.05, 4.69) is 15.5 Å². The number of aryl methyl sites for hydroxylation is 1. The molecule has 1 amide bonds. The Morgan fingerprint density at radius 3 is 2.57 bits per heavy atom. The molecule has 1 N–H and O–H groups in total. The van der Waals surface area contributed by atoms with Crippen molar-refractivity contribution >= 4 is 39.8 Å². The van der Waals surface area contributed by atoms with Crippen LogP contribution < -0.4 is 5.32 Å². The van der Waals surface area contributed by atoms with Gasteiger partial charge in [0, 0.05) is 19.8 Å². The highest BCUT2D eigenvalue weighted by molar-refractivity contribution is 8.02. The molecular formula is C14H18N4OS2. The van der Waals surface area contributed by atoms with Crippen LogP contribution in [0.1, 0.15) is 12.5 Å². The van der Waals surface area contributed by atoms with E-state index in [0.717, 1.165) is 15.2 Å². The molecule has 21 heavy (non-hydrogen) atoms. The van der Waals surface area contributed by atoms with Crippen LogP contribution in [0, 0.1) is 6.92 Å². The van der Waals surface area contributed by atoms with Crippen LogP contribution in [0.15, 0.2) is 28.6 Å². The quantitative estimate of drug-likeness (QED) is 0.857. The number of rotatable bonds is 5. The molecule has 0 aliphatic heterocycles. The van der Waals surface area contributed by atoms with E-state index in [-0.39, 0.29) is 11.2 Å². The van der Waals surface area contributed by atoms with Crippen LogP contribution in [0.2, 0.25) is 0 Å². The summed E-state index contributed by atoms with van der Waals surface area (Å²) in [5, 5.41) is 12.0. The van der Waals surface area contributed by atoms with Gasteiger partial charge in [-0.1, -0.05) is 40.8 Å². The molecule has 2 aromatic rings. The van der Waals surface area contributed by atoms with Gasteiger partial charge in [-0.3, -0.25) is 4.79 Å². The number of hydrogen-bond acceptors (Lipinski definition) is 6. The topological polar surface area (TPSA) is 58.1 Å². The third-order valence-corrected chi connectivity index (χ3v) is 4.79. The Kier molecular flexibility index (Phi) is 5.19. The molecule has 1 aromatic carbocycles. The smallest absolute Gasteiger partial charge is 0.235 e. The summed E-state index contributed by atoms with van der Waals surface area (Å²) in [6.07, 6.45) is 0. The molecular weight excluding hydrogens is 304 g/mol. The summed E-state index contributed by atoms with van der Waals surface area (Å²) in [5.74, 6) is 0.0724. The molecule has 1 atom stereocenters. The molecule has 1 aromatic heterocycles. The van der Waals surface area contributed by atoms with Crippen LogP contribution >= 0.6 is 23.1 Å². The number of hydrogen-bond donors (Lipinski definition) is 1. The number of aromatic nitrogens is 2. The van der Waals surface area contributed by atoms with Crippen LogP contribution in [0.3, 0.4) is 0 Å². The van der Waals surface area contributed by atoms with Gasteiger partial charge in [0.15, 0.2) is 4.34 Å². The molecule has 0 fully saturated rings. The first-order valence-electron chi connectivity index (χ1n) is 6.50. The second-order valence-electron chi connectivity index (χ2n) is 4.86. The zero-order valence-corrected chi connectivity index (χ0v) is 14.1. The Labute approximate surface area is 132 Å². The Morgan fingerprint density at radius 1 is 1.29 bits per heavy atom. The van der Waals surface area contributed by atoms with Gasteiger partial charge in [0.1, 0.15) is 0 Å². The zero-order chi connectivity index (χ0) is 15.4. The summed E-state index contributed by atoms with van der Waals surface area (Å²) in [6.45, 7) is 3.92. The third-order valence-electron chi connectivity index (χ3n) is 2.78. The molecule has 0 spiro atoms. The van der Waals surface area contributed by atoms with Gasteiger partial charge in [-0.15, -0.1) is 10.2 Å². The van der Waals surface area contributed by atoms with E-state index in [1.54, 1.807) is 19.0 Å². The Hall–Kier alpha value is -1.60. The summed E-state index contributed by atoms with van der Waals surface area (Å²) in [6, 6.07) is 8.08. The van der Waals surface area contributed by atoms with Crippen molar-refractivity contribution in [3.63, 3.8) is 0 Å². The molecule has 1 heterocycles. The maximum atomic E-state index is 11.8. The minimum absolute atomic E-state index is 0.0724. The lowest BCUT2D eigenvalue weighted by atomic mass is 10.2. The van der Waals surface area contributed by atoms with Gasteiger partial charge in [-0.2, -0.15) is 0 Å². The largest absolute Gasteiger partial charge is 0.348 e. The van der Waals surface area contributed by atoms with Crippen molar-refractivity contribution in [1.82, 2.24) is 15.1 Å². The first-order chi connectivity index (χ1) is 9.95. The number of nitrogens with one attached hydrogen (secondary N) is 1. The Morgan fingerprint density at radius 2 is 1.95 bits per heavy atom. The van der Waals surface area contributed by atoms with E-state index in [0.29, 0.717) is 0 Å². The van der Waals surface area contributed by atoms with E-state index < -0.39 is 0 Å². The van der Waals surface area contributed by atoms with Gasteiger partial charge in [-0.25, -0.2) is 0 Å². The molecule has 0 aliphatic rings. The van der Waals surface area contributed by atoms with Gasteiger partial charge < -0.3 is 10.2 Å². The molecule has 112 valence electrons. The van der Waals surface area contributed by atoms with Crippen molar-refractivity contribution in [2.75, 3.05) is 19.4 Å². The molecule has 5 nitrogen and oxygen atoms in total. The number of carbonyl (C=O) groups is 1. The minimum atomic E-state index is -0.167. The summed E-state index contributed by atoms with van der Waals surface area (Å²) >= 11 is 2.88. The maximum absolute atomic E-state index is 11.8. The fourth-order valence-corrected chi connectivity index (χ4v) is 3.70. The van der Waals surface area contributed by atoms with Crippen molar-refractivity contribution in [1.29, 1.82) is 0 Å². The lowest BCUT2D eigenvalue weighted by Gasteiger charge is -2.14. The molecule has 0 saturated heterocycles. The van der Waals surface area contributed by atoms with Gasteiger partial charge in [-0.05, 0) is 26.0 Å². The van der Waals surface area contributed by atoms with Crippen molar-refractivity contribution < 1.29 is 4.79 Å². The van der Waals surface area contributed by atoms with Gasteiger partial charge in [0.05, 0.1) is 5.25 Å². The van der Waals surface area contributed by atoms with E-state index >= 15 is 0 Å². The summed E-state index contributed by atoms with van der Waals surface area (Å²) in [7, 11) is 3.51. The Balaban J connectivity index is 1.98. The number of anilines is 2. The second-order valence-corrected chi connectivity index (χ2v) is 7.42. The second kappa shape index (κ2) is 6.91. The fourth-order valence-electron chi connectivity index (χ4n) is 1.63. The number of benzene rings is 1. The van der Waals surface area contributed by atoms with Crippen molar-refractivity contribution in [2.24, 2.45) is 0 Å². The predicted octanol–water partition coefficient (Wildman–Crippen LogP) is 3.16. The van der Waals surface area contributed by atoms with Crippen LogP contribution in [0.4, 0.5) is 10.8 Å². The lowest BCUT2D eigenvalue weighted by Crippen LogP contribution is -2.29. The standard InChI is InChI=1S/C14H18N4OS2/c1-9-5-7-11(8-6-9)15-13-16-17-14(21-13)20-10(2)12(19)18(3)4/h5-8,10H,1-4H3,(H,15,16). The monoisotopic (exact) mass is 322 g/mol. The van der Waals surface area contributed by atoms with Crippen molar-refractivity contribution in [2.45, 2.75) is 23.4 Å². The number of carbonyl (C=O) groups excluding carboxylic acids is 1. The van der Waals surface area contributed by atoms with E-state index in [9.17, 15) is 4.79 Å². The van der Waals surface area contributed by atoms with E-state index in [1.807, 2.05) is 38.1 Å². The molecule has 2 rings (SSSR count). The van der Waals surface area contributed by atoms with Crippen molar-refractivity contribution in [3.05, 3.63) is 29.8 Å². The summed E-state index contributed by atoms with van der Waals surface area (Å²) in [4.78, 5) is 13.4. The van der Waals surface area contributed by atoms with Gasteiger partial charge in [0.2, 0.25) is 11.0 Å². The number of thioether (sulfide) groups is 1. The summed E-state index contributed by atoms with van der Waals surface area (Å²) in [5.41, 5.74) is 2.19. The highest BCUT2D eigenvalue weighted by Crippen LogP contribution is 2.30. The van der Waals surface area contributed by atoms with Crippen LogP contribution in [0.25, 0.3) is 0 Å². The summed E-state index contributed by atoms with van der Waals surface area (Å²) < 4.78 is 0.785. The minimum Gasteiger partial charge on any atom is -0.348 e. The van der Waals surface area contributed by atoms with Crippen LogP contribution in [-0.4, -0.2) is 40.3 Å². The molecule has 0 saturated carbocycles. The van der Waals surface area contributed by atoms with E-state index in [1.165, 1.54) is 28.7 Å². The number of amides is 1. The highest BCUT2D eigenvalue weighted by atomic mass is 32.2. The van der Waals surface area contributed by atoms with Crippen LogP contribution in [-0.2, 0) is 4.79 Å². The predicted molar refractivity (Wildman–Crippen MR) is 88.4 cm³/mol. The van der Waals surface area contributed by atoms with Crippen molar-refractivity contribution in [3.8, 4) is 0 Å². The Bertz CT molecular complexity index is 610. The molecule has 0 bridgehead atoms. The molecule has 7 heteroatoms. The van der Waals surface area contributed by atoms with Gasteiger partial charge in [0.25, 0.3) is 0 Å². The average Bonchev–Trinajstić information content (AvgIpc) is 2.87. The zero-order valence-electron chi connectivity index (χ0n) is 12.5. The van der Waals surface area contributed by atoms with Gasteiger partial charge >= 0.3 is 0 Å². The highest BCUT2D eigenvalue weighted by Gasteiger charge is 2.18. The fraction of sp³-hybridized carbons (Fsp3) is 0.357. The SMILES string of the molecule is Cc1ccc(Nc2nnc(SC(C)C(=O)N(C)C)s2)cc1. The van der Waals surface area contributed by atoms with Crippen LogP contribution in [0.5, 0.6) is 0 Å². The first kappa shape index (κ1) is 15.8. The molecule has 1 unspecified atom stereocenters.